The number of ether oxygens (including phenoxy) is 2. The number of hydrogen-bond acceptors (Lipinski definition) is 6. The lowest BCUT2D eigenvalue weighted by Crippen LogP contribution is -2.56. The molecule has 0 saturated carbocycles. The van der Waals surface area contributed by atoms with Gasteiger partial charge in [-0.1, -0.05) is 22.8 Å². The fourth-order valence-electron chi connectivity index (χ4n) is 5.36. The number of anilines is 1. The summed E-state index contributed by atoms with van der Waals surface area (Å²) in [6, 6.07) is 11.5. The van der Waals surface area contributed by atoms with Crippen LogP contribution in [0, 0.1) is 13.8 Å². The molecule has 2 aromatic rings. The second-order valence-corrected chi connectivity index (χ2v) is 9.71. The van der Waals surface area contributed by atoms with Crippen molar-refractivity contribution < 1.29 is 14.3 Å². The van der Waals surface area contributed by atoms with Crippen LogP contribution in [0.2, 0.25) is 5.02 Å². The molecule has 0 bridgehead atoms. The molecule has 0 aliphatic carbocycles. The Morgan fingerprint density at radius 1 is 1.06 bits per heavy atom. The van der Waals surface area contributed by atoms with Gasteiger partial charge in [-0.3, -0.25) is 4.90 Å². The van der Waals surface area contributed by atoms with Crippen LogP contribution >= 0.6 is 11.6 Å². The maximum Gasteiger partial charge on any atom is 0.139 e. The minimum atomic E-state index is 0.427. The quantitative estimate of drug-likeness (QED) is 0.367. The Balaban J connectivity index is 1.49. The molecule has 0 unspecified atom stereocenters. The third-order valence-electron chi connectivity index (χ3n) is 7.27. The lowest BCUT2D eigenvalue weighted by molar-refractivity contribution is 0.0712. The molecule has 2 fully saturated rings. The van der Waals surface area contributed by atoms with E-state index in [1.54, 1.807) is 14.2 Å². The average molecular weight is 486 g/mol. The molecule has 2 saturated heterocycles. The van der Waals surface area contributed by atoms with Crippen molar-refractivity contribution in [2.45, 2.75) is 52.1 Å². The summed E-state index contributed by atoms with van der Waals surface area (Å²) in [5.74, 6) is 1.65. The Morgan fingerprint density at radius 3 is 2.65 bits per heavy atom. The van der Waals surface area contributed by atoms with Crippen molar-refractivity contribution in [3.8, 4) is 11.5 Å². The van der Waals surface area contributed by atoms with Crippen LogP contribution < -0.4 is 14.4 Å². The minimum Gasteiger partial charge on any atom is -0.495 e. The van der Waals surface area contributed by atoms with Gasteiger partial charge in [0.15, 0.2) is 0 Å². The summed E-state index contributed by atoms with van der Waals surface area (Å²) in [6.07, 6.45) is 3.67. The summed E-state index contributed by atoms with van der Waals surface area (Å²) in [5.41, 5.74) is 5.96. The number of nitrogens with zero attached hydrogens (tertiary/aromatic N) is 3. The number of fused-ring (bicyclic) bond motifs is 1. The third kappa shape index (κ3) is 5.13. The third-order valence-corrected chi connectivity index (χ3v) is 7.58. The first-order valence-electron chi connectivity index (χ1n) is 12.1. The Labute approximate surface area is 208 Å². The number of benzene rings is 2. The zero-order valence-electron chi connectivity index (χ0n) is 20.9. The molecule has 2 heterocycles. The van der Waals surface area contributed by atoms with Crippen LogP contribution in [0.15, 0.2) is 35.5 Å². The van der Waals surface area contributed by atoms with Gasteiger partial charge in [0.2, 0.25) is 0 Å². The fourth-order valence-corrected chi connectivity index (χ4v) is 5.56. The van der Waals surface area contributed by atoms with E-state index in [9.17, 15) is 0 Å². The van der Waals surface area contributed by atoms with Crippen molar-refractivity contribution in [1.29, 1.82) is 0 Å². The molecule has 6 nitrogen and oxygen atoms in total. The summed E-state index contributed by atoms with van der Waals surface area (Å²) in [5, 5.41) is 4.59. The number of piperidine rings is 1. The Bertz CT molecular complexity index is 1040. The average Bonchev–Trinajstić information content (AvgIpc) is 2.85. The van der Waals surface area contributed by atoms with Gasteiger partial charge in [-0.05, 0) is 74.9 Å². The number of halogens is 1. The van der Waals surface area contributed by atoms with E-state index in [0.29, 0.717) is 23.7 Å². The van der Waals surface area contributed by atoms with Gasteiger partial charge in [0.05, 0.1) is 17.8 Å². The number of methoxy groups -OCH3 is 1. The Morgan fingerprint density at radius 2 is 1.88 bits per heavy atom. The minimum absolute atomic E-state index is 0.427. The molecule has 2 aliphatic heterocycles. The topological polar surface area (TPSA) is 46.5 Å². The van der Waals surface area contributed by atoms with E-state index in [1.807, 2.05) is 13.0 Å². The van der Waals surface area contributed by atoms with Gasteiger partial charge in [0.25, 0.3) is 0 Å². The lowest BCUT2D eigenvalue weighted by atomic mass is 9.86. The largest absolute Gasteiger partial charge is 0.495 e. The highest BCUT2D eigenvalue weighted by atomic mass is 35.5. The highest BCUT2D eigenvalue weighted by Gasteiger charge is 2.36. The van der Waals surface area contributed by atoms with Gasteiger partial charge in [-0.15, -0.1) is 0 Å². The number of rotatable bonds is 7. The molecule has 0 spiro atoms. The first-order valence-corrected chi connectivity index (χ1v) is 12.4. The van der Waals surface area contributed by atoms with Crippen LogP contribution in [0.1, 0.15) is 48.9 Å². The van der Waals surface area contributed by atoms with Gasteiger partial charge in [-0.2, -0.15) is 0 Å². The van der Waals surface area contributed by atoms with E-state index in [4.69, 9.17) is 25.9 Å². The second-order valence-electron chi connectivity index (χ2n) is 9.30. The standard InChI is InChI=1S/C27H36ClN3O3/c1-18(29-33-5)17-34-26-12-10-23(19(2)20(26)3)25-8-6-7-22-16-30(13-14-31(22)25)21-9-11-24(28)27(15-21)32-4/h9-12,15,22,25H,6-8,13-14,16-17H2,1-5H3/t22-,25+/m0/s1. The Kier molecular flexibility index (Phi) is 7.89. The van der Waals surface area contributed by atoms with Gasteiger partial charge in [0.1, 0.15) is 25.2 Å². The smallest absolute Gasteiger partial charge is 0.139 e. The maximum atomic E-state index is 6.25. The number of oxime groups is 1. The van der Waals surface area contributed by atoms with Crippen LogP contribution in [0.5, 0.6) is 11.5 Å². The van der Waals surface area contributed by atoms with E-state index < -0.39 is 0 Å². The van der Waals surface area contributed by atoms with E-state index in [0.717, 1.165) is 36.8 Å². The molecular weight excluding hydrogens is 450 g/mol. The van der Waals surface area contributed by atoms with Crippen molar-refractivity contribution in [3.05, 3.63) is 52.0 Å². The molecule has 2 aromatic carbocycles. The van der Waals surface area contributed by atoms with Crippen LogP contribution in [-0.2, 0) is 4.84 Å². The predicted molar refractivity (Wildman–Crippen MR) is 139 cm³/mol. The summed E-state index contributed by atoms with van der Waals surface area (Å²) in [7, 11) is 3.22. The molecular formula is C27H36ClN3O3. The molecule has 0 N–H and O–H groups in total. The predicted octanol–water partition coefficient (Wildman–Crippen LogP) is 5.78. The van der Waals surface area contributed by atoms with Crippen LogP contribution in [0.3, 0.4) is 0 Å². The van der Waals surface area contributed by atoms with Gasteiger partial charge < -0.3 is 19.2 Å². The maximum absolute atomic E-state index is 6.25. The zero-order valence-corrected chi connectivity index (χ0v) is 21.7. The molecule has 34 heavy (non-hydrogen) atoms. The van der Waals surface area contributed by atoms with Crippen molar-refractivity contribution in [2.24, 2.45) is 5.16 Å². The van der Waals surface area contributed by atoms with Gasteiger partial charge in [-0.25, -0.2) is 0 Å². The highest BCUT2D eigenvalue weighted by molar-refractivity contribution is 6.32. The van der Waals surface area contributed by atoms with Crippen molar-refractivity contribution in [3.63, 3.8) is 0 Å². The normalized spacial score (nSPS) is 21.2. The highest BCUT2D eigenvalue weighted by Crippen LogP contribution is 2.40. The molecule has 0 radical (unpaired) electrons. The van der Waals surface area contributed by atoms with E-state index in [2.05, 4.69) is 53.1 Å². The van der Waals surface area contributed by atoms with Crippen LogP contribution in [-0.4, -0.2) is 57.1 Å². The number of piperazine rings is 1. The summed E-state index contributed by atoms with van der Waals surface area (Å²) < 4.78 is 11.5. The molecule has 4 rings (SSSR count). The van der Waals surface area contributed by atoms with E-state index in [1.165, 1.54) is 41.6 Å². The molecule has 0 aromatic heterocycles. The molecule has 184 valence electrons. The monoisotopic (exact) mass is 485 g/mol. The van der Waals surface area contributed by atoms with Gasteiger partial charge >= 0.3 is 0 Å². The first-order chi connectivity index (χ1) is 16.4. The molecule has 2 atom stereocenters. The summed E-state index contributed by atoms with van der Waals surface area (Å²) >= 11 is 6.25. The van der Waals surface area contributed by atoms with Crippen molar-refractivity contribution in [2.75, 3.05) is 45.4 Å². The summed E-state index contributed by atoms with van der Waals surface area (Å²) in [4.78, 5) is 10.0. The van der Waals surface area contributed by atoms with E-state index in [-0.39, 0.29) is 0 Å². The Hall–Kier alpha value is -2.44. The van der Waals surface area contributed by atoms with Gasteiger partial charge in [0, 0.05) is 43.5 Å². The zero-order chi connectivity index (χ0) is 24.2. The summed E-state index contributed by atoms with van der Waals surface area (Å²) in [6.45, 7) is 9.78. The first kappa shape index (κ1) is 24.7. The fraction of sp³-hybridized carbons (Fsp3) is 0.519. The lowest BCUT2D eigenvalue weighted by Gasteiger charge is -2.49. The molecule has 2 aliphatic rings. The molecule has 0 amide bonds. The van der Waals surface area contributed by atoms with Crippen molar-refractivity contribution in [1.82, 2.24) is 4.90 Å². The second kappa shape index (κ2) is 10.9. The SMILES string of the molecule is CON=C(C)COc1ccc([C@H]2CCC[C@H]3CN(c4ccc(Cl)c(OC)c4)CCN32)c(C)c1C. The molecule has 7 heteroatoms. The van der Waals surface area contributed by atoms with Crippen LogP contribution in [0.4, 0.5) is 5.69 Å². The van der Waals surface area contributed by atoms with E-state index >= 15 is 0 Å². The van der Waals surface area contributed by atoms with Crippen LogP contribution in [0.25, 0.3) is 0 Å². The van der Waals surface area contributed by atoms with Crippen molar-refractivity contribution >= 4 is 23.0 Å². The number of hydrogen-bond donors (Lipinski definition) is 0.